The zero-order valence-electron chi connectivity index (χ0n) is 12.0. The Hall–Kier alpha value is -2.65. The van der Waals surface area contributed by atoms with Crippen LogP contribution < -0.4 is 0 Å². The smallest absolute Gasteiger partial charge is 0.416 e. The van der Waals surface area contributed by atoms with E-state index in [9.17, 15) is 32.9 Å². The number of rotatable bonds is 6. The third-order valence-corrected chi connectivity index (χ3v) is 3.02. The van der Waals surface area contributed by atoms with Crippen molar-refractivity contribution in [2.45, 2.75) is 19.5 Å². The number of benzene rings is 1. The summed E-state index contributed by atoms with van der Waals surface area (Å²) in [7, 11) is 0. The lowest BCUT2D eigenvalue weighted by atomic mass is 10.1. The SMILES string of the molecule is CCN(CCC(=O)O)C(=O)c1ccc(C(F)(F)F)cc1[N+](=O)[O-]. The van der Waals surface area contributed by atoms with Gasteiger partial charge < -0.3 is 10.0 Å². The second-order valence-corrected chi connectivity index (χ2v) is 4.52. The second kappa shape index (κ2) is 7.07. The summed E-state index contributed by atoms with van der Waals surface area (Å²) >= 11 is 0. The molecule has 126 valence electrons. The van der Waals surface area contributed by atoms with Crippen LogP contribution in [0.3, 0.4) is 0 Å². The minimum absolute atomic E-state index is 0.0598. The largest absolute Gasteiger partial charge is 0.481 e. The van der Waals surface area contributed by atoms with Crippen molar-refractivity contribution < 1.29 is 32.8 Å². The molecule has 0 aliphatic heterocycles. The molecule has 1 aromatic rings. The fourth-order valence-electron chi connectivity index (χ4n) is 1.84. The van der Waals surface area contributed by atoms with E-state index in [-0.39, 0.29) is 25.6 Å². The highest BCUT2D eigenvalue weighted by atomic mass is 19.4. The number of nitrogens with zero attached hydrogens (tertiary/aromatic N) is 2. The second-order valence-electron chi connectivity index (χ2n) is 4.52. The summed E-state index contributed by atoms with van der Waals surface area (Å²) < 4.78 is 37.8. The van der Waals surface area contributed by atoms with Crippen LogP contribution in [0, 0.1) is 10.1 Å². The van der Waals surface area contributed by atoms with Crippen molar-refractivity contribution in [1.82, 2.24) is 4.90 Å². The molecule has 0 saturated heterocycles. The van der Waals surface area contributed by atoms with Gasteiger partial charge in [-0.15, -0.1) is 0 Å². The van der Waals surface area contributed by atoms with Crippen molar-refractivity contribution in [2.75, 3.05) is 13.1 Å². The molecule has 1 N–H and O–H groups in total. The van der Waals surface area contributed by atoms with Crippen LogP contribution in [0.2, 0.25) is 0 Å². The highest BCUT2D eigenvalue weighted by Crippen LogP contribution is 2.33. The van der Waals surface area contributed by atoms with Gasteiger partial charge in [0.25, 0.3) is 11.6 Å². The summed E-state index contributed by atoms with van der Waals surface area (Å²) in [5.74, 6) is -2.06. The van der Waals surface area contributed by atoms with Crippen molar-refractivity contribution in [3.05, 3.63) is 39.4 Å². The highest BCUT2D eigenvalue weighted by Gasteiger charge is 2.34. The monoisotopic (exact) mass is 334 g/mol. The average molecular weight is 334 g/mol. The summed E-state index contributed by atoms with van der Waals surface area (Å²) in [6.07, 6.45) is -5.16. The van der Waals surface area contributed by atoms with E-state index in [1.165, 1.54) is 6.92 Å². The molecule has 1 rings (SSSR count). The molecular formula is C13H13F3N2O5. The number of carboxylic acids is 1. The van der Waals surface area contributed by atoms with E-state index in [1.807, 2.05) is 0 Å². The van der Waals surface area contributed by atoms with E-state index < -0.39 is 39.8 Å². The Labute approximate surface area is 128 Å². The topological polar surface area (TPSA) is 101 Å². The third-order valence-electron chi connectivity index (χ3n) is 3.02. The average Bonchev–Trinajstić information content (AvgIpc) is 2.45. The Bertz CT molecular complexity index is 631. The highest BCUT2D eigenvalue weighted by molar-refractivity contribution is 5.98. The Morgan fingerprint density at radius 2 is 1.96 bits per heavy atom. The number of carboxylic acid groups (broad SMARTS) is 1. The fourth-order valence-corrected chi connectivity index (χ4v) is 1.84. The number of carbonyl (C=O) groups is 2. The zero-order valence-corrected chi connectivity index (χ0v) is 12.0. The molecule has 0 fully saturated rings. The Balaban J connectivity index is 3.22. The molecule has 1 amide bonds. The maximum Gasteiger partial charge on any atom is 0.416 e. The number of alkyl halides is 3. The van der Waals surface area contributed by atoms with E-state index in [1.54, 1.807) is 0 Å². The number of amides is 1. The molecule has 0 unspecified atom stereocenters. The maximum atomic E-state index is 12.6. The molecule has 0 atom stereocenters. The predicted molar refractivity (Wildman–Crippen MR) is 71.9 cm³/mol. The minimum atomic E-state index is -4.78. The van der Waals surface area contributed by atoms with E-state index >= 15 is 0 Å². The van der Waals surface area contributed by atoms with Crippen molar-refractivity contribution in [1.29, 1.82) is 0 Å². The van der Waals surface area contributed by atoms with Gasteiger partial charge in [-0.1, -0.05) is 0 Å². The first-order chi connectivity index (χ1) is 10.6. The normalized spacial score (nSPS) is 11.1. The van der Waals surface area contributed by atoms with E-state index in [0.29, 0.717) is 6.07 Å². The minimum Gasteiger partial charge on any atom is -0.481 e. The lowest BCUT2D eigenvalue weighted by Gasteiger charge is -2.20. The van der Waals surface area contributed by atoms with Gasteiger partial charge in [-0.2, -0.15) is 13.2 Å². The first kappa shape index (κ1) is 18.4. The number of nitro groups is 1. The molecular weight excluding hydrogens is 321 g/mol. The summed E-state index contributed by atoms with van der Waals surface area (Å²) in [6, 6.07) is 1.59. The van der Waals surface area contributed by atoms with Gasteiger partial charge >= 0.3 is 12.1 Å². The van der Waals surface area contributed by atoms with E-state index in [0.717, 1.165) is 11.0 Å². The van der Waals surface area contributed by atoms with Crippen molar-refractivity contribution in [2.24, 2.45) is 0 Å². The number of nitro benzene ring substituents is 1. The van der Waals surface area contributed by atoms with Gasteiger partial charge in [-0.05, 0) is 19.1 Å². The standard InChI is InChI=1S/C13H13F3N2O5/c1-2-17(6-5-11(19)20)12(21)9-4-3-8(13(14,15)16)7-10(9)18(22)23/h3-4,7H,2,5-6H2,1H3,(H,19,20). The molecule has 0 heterocycles. The molecule has 0 saturated carbocycles. The van der Waals surface area contributed by atoms with Gasteiger partial charge in [0.05, 0.1) is 16.9 Å². The summed E-state index contributed by atoms with van der Waals surface area (Å²) in [5, 5.41) is 19.6. The van der Waals surface area contributed by atoms with Gasteiger partial charge in [-0.3, -0.25) is 19.7 Å². The molecule has 0 radical (unpaired) electrons. The van der Waals surface area contributed by atoms with Crippen LogP contribution in [-0.4, -0.2) is 39.9 Å². The quantitative estimate of drug-likeness (QED) is 0.636. The van der Waals surface area contributed by atoms with Crippen LogP contribution in [0.1, 0.15) is 29.3 Å². The number of hydrogen-bond donors (Lipinski definition) is 1. The molecule has 0 spiro atoms. The fraction of sp³-hybridized carbons (Fsp3) is 0.385. The number of carbonyl (C=O) groups excluding carboxylic acids is 1. The summed E-state index contributed by atoms with van der Waals surface area (Å²) in [4.78, 5) is 33.7. The van der Waals surface area contributed by atoms with Crippen molar-refractivity contribution in [3.63, 3.8) is 0 Å². The van der Waals surface area contributed by atoms with Crippen molar-refractivity contribution in [3.8, 4) is 0 Å². The first-order valence-corrected chi connectivity index (χ1v) is 6.44. The van der Waals surface area contributed by atoms with Gasteiger partial charge in [0.2, 0.25) is 0 Å². The molecule has 7 nitrogen and oxygen atoms in total. The third kappa shape index (κ3) is 4.66. The van der Waals surface area contributed by atoms with E-state index in [2.05, 4.69) is 0 Å². The molecule has 0 aromatic heterocycles. The van der Waals surface area contributed by atoms with Gasteiger partial charge in [-0.25, -0.2) is 0 Å². The van der Waals surface area contributed by atoms with Gasteiger partial charge in [0, 0.05) is 19.2 Å². The Kier molecular flexibility index (Phi) is 5.66. The van der Waals surface area contributed by atoms with Crippen LogP contribution in [0.15, 0.2) is 18.2 Å². The molecule has 0 aliphatic rings. The lowest BCUT2D eigenvalue weighted by Crippen LogP contribution is -2.33. The predicted octanol–water partition coefficient (Wildman–Crippen LogP) is 2.55. The van der Waals surface area contributed by atoms with Gasteiger partial charge in [0.1, 0.15) is 5.56 Å². The van der Waals surface area contributed by atoms with Crippen LogP contribution in [0.5, 0.6) is 0 Å². The Morgan fingerprint density at radius 3 is 2.39 bits per heavy atom. The van der Waals surface area contributed by atoms with Crippen LogP contribution in [0.25, 0.3) is 0 Å². The van der Waals surface area contributed by atoms with Crippen LogP contribution in [0.4, 0.5) is 18.9 Å². The van der Waals surface area contributed by atoms with Crippen molar-refractivity contribution >= 4 is 17.6 Å². The maximum absolute atomic E-state index is 12.6. The summed E-state index contributed by atoms with van der Waals surface area (Å²) in [5.41, 5.74) is -2.73. The van der Waals surface area contributed by atoms with Crippen LogP contribution >= 0.6 is 0 Å². The Morgan fingerprint density at radius 1 is 1.35 bits per heavy atom. The molecule has 1 aromatic carbocycles. The molecule has 23 heavy (non-hydrogen) atoms. The number of halogens is 3. The summed E-state index contributed by atoms with van der Waals surface area (Å²) in [6.45, 7) is 1.38. The molecule has 0 bridgehead atoms. The lowest BCUT2D eigenvalue weighted by molar-refractivity contribution is -0.385. The molecule has 0 aliphatic carbocycles. The number of aliphatic carboxylic acids is 1. The first-order valence-electron chi connectivity index (χ1n) is 6.44. The zero-order chi connectivity index (χ0) is 17.8. The van der Waals surface area contributed by atoms with E-state index in [4.69, 9.17) is 5.11 Å². The number of hydrogen-bond acceptors (Lipinski definition) is 4. The van der Waals surface area contributed by atoms with Crippen LogP contribution in [-0.2, 0) is 11.0 Å². The molecule has 10 heteroatoms. The van der Waals surface area contributed by atoms with Gasteiger partial charge in [0.15, 0.2) is 0 Å².